The molecule has 7 heterocycles. The van der Waals surface area contributed by atoms with E-state index in [0.717, 1.165) is 0 Å². The van der Waals surface area contributed by atoms with Crippen LogP contribution >= 0.6 is 79.4 Å². The molecule has 7 aromatic heterocycles. The lowest BCUT2D eigenvalue weighted by Crippen LogP contribution is -1.87. The molecule has 274 valence electrons. The van der Waals surface area contributed by atoms with E-state index in [-0.39, 0.29) is 0 Å². The first-order valence-electron chi connectivity index (χ1n) is 20.2. The van der Waals surface area contributed by atoms with Crippen LogP contribution in [-0.4, -0.2) is 0 Å². The average molecular weight is 809 g/mol. The molecule has 7 aromatic rings. The number of rotatable bonds is 24. The molecule has 0 aliphatic carbocycles. The Labute approximate surface area is 335 Å². The van der Waals surface area contributed by atoms with E-state index in [4.69, 9.17) is 0 Å². The van der Waals surface area contributed by atoms with Crippen LogP contribution in [0, 0.1) is 0 Å². The van der Waals surface area contributed by atoms with Gasteiger partial charge in [0, 0.05) is 19.5 Å². The number of fused-ring (bicyclic) bond motifs is 7. The molecule has 0 bridgehead atoms. The third kappa shape index (κ3) is 9.09. The molecular formula is C44H56S7. The van der Waals surface area contributed by atoms with Crippen molar-refractivity contribution in [2.45, 2.75) is 155 Å². The lowest BCUT2D eigenvalue weighted by atomic mass is 10.0. The van der Waals surface area contributed by atoms with Crippen molar-refractivity contribution in [3.63, 3.8) is 0 Å². The van der Waals surface area contributed by atoms with Crippen LogP contribution in [0.1, 0.15) is 153 Å². The van der Waals surface area contributed by atoms with Gasteiger partial charge in [0.1, 0.15) is 0 Å². The van der Waals surface area contributed by atoms with E-state index in [1.165, 1.54) is 151 Å². The Morgan fingerprint density at radius 2 is 0.667 bits per heavy atom. The Morgan fingerprint density at radius 3 is 1.00 bits per heavy atom. The first kappa shape index (κ1) is 38.2. The Morgan fingerprint density at radius 1 is 0.353 bits per heavy atom. The minimum atomic E-state index is 1.23. The van der Waals surface area contributed by atoms with Crippen LogP contribution < -0.4 is 0 Å². The maximum Gasteiger partial charge on any atom is 0.0651 e. The second kappa shape index (κ2) is 19.5. The van der Waals surface area contributed by atoms with Gasteiger partial charge in [0.15, 0.2) is 0 Å². The molecule has 0 spiro atoms. The van der Waals surface area contributed by atoms with E-state index >= 15 is 0 Å². The largest absolute Gasteiger partial charge is 0.143 e. The topological polar surface area (TPSA) is 0 Å². The highest BCUT2D eigenvalue weighted by atomic mass is 32.1. The molecule has 51 heavy (non-hydrogen) atoms. The minimum Gasteiger partial charge on any atom is -0.143 e. The van der Waals surface area contributed by atoms with Crippen molar-refractivity contribution in [2.24, 2.45) is 0 Å². The molecule has 0 aliphatic rings. The van der Waals surface area contributed by atoms with Gasteiger partial charge in [-0.1, -0.05) is 142 Å². The molecule has 0 aliphatic heterocycles. The first-order valence-corrected chi connectivity index (χ1v) is 26.0. The molecule has 0 aromatic carbocycles. The Hall–Kier alpha value is -1.06. The summed E-state index contributed by atoms with van der Waals surface area (Å²) in [5, 5.41) is 4.52. The Bertz CT molecular complexity index is 1890. The highest BCUT2D eigenvalue weighted by Crippen LogP contribution is 2.57. The molecule has 7 rings (SSSR count). The van der Waals surface area contributed by atoms with Crippen LogP contribution in [0.2, 0.25) is 0 Å². The Balaban J connectivity index is 1.08. The second-order valence-corrected chi connectivity index (χ2v) is 21.6. The number of hydrogen-bond acceptors (Lipinski definition) is 7. The molecule has 0 nitrogen and oxygen atoms in total. The van der Waals surface area contributed by atoms with Crippen molar-refractivity contribution in [2.75, 3.05) is 0 Å². The van der Waals surface area contributed by atoms with Gasteiger partial charge in [0.2, 0.25) is 0 Å². The van der Waals surface area contributed by atoms with Gasteiger partial charge in [-0.3, -0.25) is 0 Å². The summed E-state index contributed by atoms with van der Waals surface area (Å²) >= 11 is 14.4. The molecule has 0 saturated carbocycles. The van der Waals surface area contributed by atoms with Crippen LogP contribution in [-0.2, 0) is 12.8 Å². The molecule has 0 radical (unpaired) electrons. The summed E-state index contributed by atoms with van der Waals surface area (Å²) in [6, 6.07) is 9.18. The van der Waals surface area contributed by atoms with Crippen LogP contribution in [0.15, 0.2) is 35.0 Å². The fraction of sp³-hybridized carbons (Fsp3) is 0.545. The third-order valence-electron chi connectivity index (χ3n) is 10.6. The summed E-state index contributed by atoms with van der Waals surface area (Å²) in [7, 11) is 0. The standard InChI is InChI=1S/C44H56S7/c1-3-5-7-9-11-13-15-17-19-21-25-31-35(33-27-23-29-45-33)47-39-37(31)49-43-41(39)51-42-40-38(50-44(42)43)32(36(48-40)34-28-24-30-46-34)26-22-20-18-16-14-12-10-8-6-4-2/h23-24,27-30H,3-22,25-26H2,1-2H3. The van der Waals surface area contributed by atoms with Crippen molar-refractivity contribution in [1.82, 2.24) is 0 Å². The van der Waals surface area contributed by atoms with Crippen molar-refractivity contribution in [3.8, 4) is 19.5 Å². The van der Waals surface area contributed by atoms with Gasteiger partial charge in [-0.2, -0.15) is 0 Å². The summed E-state index contributed by atoms with van der Waals surface area (Å²) in [6.45, 7) is 4.62. The highest BCUT2D eigenvalue weighted by molar-refractivity contribution is 7.49. The molecule has 0 amide bonds. The summed E-state index contributed by atoms with van der Waals surface area (Å²) in [6.07, 6.45) is 30.5. The third-order valence-corrected chi connectivity index (χ3v) is 19.9. The van der Waals surface area contributed by atoms with Crippen molar-refractivity contribution >= 4 is 117 Å². The first-order chi connectivity index (χ1) is 25.3. The molecule has 0 N–H and O–H groups in total. The predicted octanol–water partition coefficient (Wildman–Crippen LogP) is 19.0. The molecule has 0 atom stereocenters. The number of aryl methyl sites for hydroxylation is 2. The predicted molar refractivity (Wildman–Crippen MR) is 244 cm³/mol. The Kier molecular flexibility index (Phi) is 14.6. The van der Waals surface area contributed by atoms with E-state index in [2.05, 4.69) is 106 Å². The van der Waals surface area contributed by atoms with E-state index in [1.54, 1.807) is 58.5 Å². The fourth-order valence-electron chi connectivity index (χ4n) is 7.75. The van der Waals surface area contributed by atoms with Gasteiger partial charge in [-0.05, 0) is 59.7 Å². The van der Waals surface area contributed by atoms with Crippen molar-refractivity contribution in [3.05, 3.63) is 46.2 Å². The molecule has 0 saturated heterocycles. The van der Waals surface area contributed by atoms with E-state index in [1.807, 2.05) is 22.7 Å². The van der Waals surface area contributed by atoms with Crippen LogP contribution in [0.3, 0.4) is 0 Å². The molecular weight excluding hydrogens is 753 g/mol. The minimum absolute atomic E-state index is 1.23. The normalized spacial score (nSPS) is 12.3. The van der Waals surface area contributed by atoms with Crippen LogP contribution in [0.5, 0.6) is 0 Å². The quantitative estimate of drug-likeness (QED) is 0.0534. The molecule has 0 unspecified atom stereocenters. The number of hydrogen-bond donors (Lipinski definition) is 0. The molecule has 0 fully saturated rings. The van der Waals surface area contributed by atoms with Gasteiger partial charge in [-0.15, -0.1) is 79.4 Å². The van der Waals surface area contributed by atoms with E-state index < -0.39 is 0 Å². The lowest BCUT2D eigenvalue weighted by Gasteiger charge is -2.04. The number of unbranched alkanes of at least 4 members (excludes halogenated alkanes) is 18. The van der Waals surface area contributed by atoms with Gasteiger partial charge < -0.3 is 0 Å². The summed E-state index contributed by atoms with van der Waals surface area (Å²) in [4.78, 5) is 6.05. The zero-order valence-electron chi connectivity index (χ0n) is 30.9. The zero-order chi connectivity index (χ0) is 34.8. The molecule has 7 heteroatoms. The van der Waals surface area contributed by atoms with Gasteiger partial charge in [0.05, 0.1) is 37.6 Å². The number of thiophene rings is 7. The van der Waals surface area contributed by atoms with Crippen LogP contribution in [0.25, 0.3) is 57.1 Å². The van der Waals surface area contributed by atoms with E-state index in [9.17, 15) is 0 Å². The average Bonchev–Trinajstić information content (AvgIpc) is 3.98. The maximum absolute atomic E-state index is 2.35. The monoisotopic (exact) mass is 808 g/mol. The highest BCUT2D eigenvalue weighted by Gasteiger charge is 2.26. The van der Waals surface area contributed by atoms with E-state index in [0.29, 0.717) is 0 Å². The fourth-order valence-corrected chi connectivity index (χ4v) is 17.4. The van der Waals surface area contributed by atoms with Gasteiger partial charge in [0.25, 0.3) is 0 Å². The SMILES string of the molecule is CCCCCCCCCCCCc1c(-c2cccs2)sc2c1sc1c2sc2c3sc(-c4cccs4)c(CCCCCCCCCCCC)c3sc21. The van der Waals surface area contributed by atoms with Crippen molar-refractivity contribution < 1.29 is 0 Å². The summed E-state index contributed by atoms with van der Waals surface area (Å²) < 4.78 is 12.6. The van der Waals surface area contributed by atoms with Gasteiger partial charge in [-0.25, -0.2) is 0 Å². The van der Waals surface area contributed by atoms with Crippen LogP contribution in [0.4, 0.5) is 0 Å². The smallest absolute Gasteiger partial charge is 0.0651 e. The summed E-state index contributed by atoms with van der Waals surface area (Å²) in [5.41, 5.74) is 3.30. The second-order valence-electron chi connectivity index (χ2n) is 14.6. The zero-order valence-corrected chi connectivity index (χ0v) is 36.6. The van der Waals surface area contributed by atoms with Crippen molar-refractivity contribution in [1.29, 1.82) is 0 Å². The summed E-state index contributed by atoms with van der Waals surface area (Å²) in [5.74, 6) is 0. The maximum atomic E-state index is 2.35. The lowest BCUT2D eigenvalue weighted by molar-refractivity contribution is 0.557. The van der Waals surface area contributed by atoms with Gasteiger partial charge >= 0.3 is 0 Å².